The number of ether oxygens (including phenoxy) is 1. The fourth-order valence-corrected chi connectivity index (χ4v) is 1.88. The summed E-state index contributed by atoms with van der Waals surface area (Å²) >= 11 is 0. The Morgan fingerprint density at radius 2 is 2.04 bits per heavy atom. The van der Waals surface area contributed by atoms with Gasteiger partial charge in [0.2, 0.25) is 0 Å². The van der Waals surface area contributed by atoms with Crippen molar-refractivity contribution in [1.29, 1.82) is 5.26 Å². The van der Waals surface area contributed by atoms with Crippen LogP contribution in [0.15, 0.2) is 24.3 Å². The summed E-state index contributed by atoms with van der Waals surface area (Å²) in [6, 6.07) is 4.57. The van der Waals surface area contributed by atoms with Gasteiger partial charge >= 0.3 is 12.1 Å². The van der Waals surface area contributed by atoms with E-state index in [9.17, 15) is 22.8 Å². The van der Waals surface area contributed by atoms with E-state index < -0.39 is 35.6 Å². The van der Waals surface area contributed by atoms with Gasteiger partial charge in [0.15, 0.2) is 0 Å². The Balaban J connectivity index is 2.99. The molecule has 0 aliphatic carbocycles. The quantitative estimate of drug-likeness (QED) is 0.843. The number of benzene rings is 1. The molecule has 1 aromatic rings. The van der Waals surface area contributed by atoms with Gasteiger partial charge in [-0.15, -0.1) is 0 Å². The number of alkyl halides is 3. The van der Waals surface area contributed by atoms with Crippen LogP contribution in [0.2, 0.25) is 0 Å². The Labute approximate surface area is 131 Å². The van der Waals surface area contributed by atoms with Crippen LogP contribution in [0, 0.1) is 17.2 Å². The topological polar surface area (TPSA) is 79.2 Å². The first-order valence-corrected chi connectivity index (χ1v) is 6.63. The van der Waals surface area contributed by atoms with Crippen molar-refractivity contribution in [1.82, 2.24) is 5.32 Å². The second kappa shape index (κ2) is 7.63. The molecular weight excluding hydrogens is 313 g/mol. The first-order valence-electron chi connectivity index (χ1n) is 6.63. The van der Waals surface area contributed by atoms with Gasteiger partial charge in [-0.3, -0.25) is 4.79 Å². The molecular formula is C15H15F3N2O3. The van der Waals surface area contributed by atoms with E-state index in [1.165, 1.54) is 6.07 Å². The predicted octanol–water partition coefficient (Wildman–Crippen LogP) is 2.53. The highest BCUT2D eigenvalue weighted by molar-refractivity contribution is 5.97. The lowest BCUT2D eigenvalue weighted by Gasteiger charge is -2.21. The molecule has 0 saturated carbocycles. The van der Waals surface area contributed by atoms with E-state index in [4.69, 9.17) is 5.26 Å². The number of esters is 1. The maximum atomic E-state index is 12.7. The molecule has 23 heavy (non-hydrogen) atoms. The first kappa shape index (κ1) is 18.5. The molecule has 0 radical (unpaired) electrons. The lowest BCUT2D eigenvalue weighted by molar-refractivity contribution is -0.144. The van der Waals surface area contributed by atoms with Gasteiger partial charge in [-0.1, -0.05) is 13.0 Å². The van der Waals surface area contributed by atoms with Crippen LogP contribution < -0.4 is 5.32 Å². The van der Waals surface area contributed by atoms with Gasteiger partial charge in [0.25, 0.3) is 5.91 Å². The summed E-state index contributed by atoms with van der Waals surface area (Å²) in [5.74, 6) is -2.17. The molecule has 0 heterocycles. The Morgan fingerprint density at radius 3 is 2.57 bits per heavy atom. The second-order valence-corrected chi connectivity index (χ2v) is 4.89. The molecule has 1 N–H and O–H groups in total. The molecule has 8 heteroatoms. The number of methoxy groups -OCH3 is 1. The summed E-state index contributed by atoms with van der Waals surface area (Å²) in [5, 5.41) is 11.0. The van der Waals surface area contributed by atoms with Crippen LogP contribution >= 0.6 is 0 Å². The molecule has 0 aliphatic heterocycles. The van der Waals surface area contributed by atoms with Gasteiger partial charge in [0.05, 0.1) is 18.7 Å². The minimum atomic E-state index is -4.58. The van der Waals surface area contributed by atoms with Gasteiger partial charge < -0.3 is 10.1 Å². The van der Waals surface area contributed by atoms with Crippen molar-refractivity contribution in [2.45, 2.75) is 25.6 Å². The third-order valence-corrected chi connectivity index (χ3v) is 3.18. The summed E-state index contributed by atoms with van der Waals surface area (Å²) in [5.41, 5.74) is -1.21. The molecule has 0 spiro atoms. The molecule has 0 saturated heterocycles. The van der Waals surface area contributed by atoms with Crippen molar-refractivity contribution in [3.63, 3.8) is 0 Å². The molecule has 0 unspecified atom stereocenters. The lowest BCUT2D eigenvalue weighted by Crippen LogP contribution is -2.45. The molecule has 0 fully saturated rings. The molecule has 0 aliphatic rings. The Morgan fingerprint density at radius 1 is 1.39 bits per heavy atom. The van der Waals surface area contributed by atoms with Crippen molar-refractivity contribution < 1.29 is 27.5 Å². The van der Waals surface area contributed by atoms with Gasteiger partial charge in [-0.2, -0.15) is 18.4 Å². The number of amides is 1. The van der Waals surface area contributed by atoms with Crippen LogP contribution in [0.4, 0.5) is 13.2 Å². The van der Waals surface area contributed by atoms with Crippen LogP contribution in [0.3, 0.4) is 0 Å². The number of nitrogens with zero attached hydrogens (tertiary/aromatic N) is 1. The van der Waals surface area contributed by atoms with Gasteiger partial charge in [-0.05, 0) is 18.2 Å². The largest absolute Gasteiger partial charge is 0.467 e. The Bertz CT molecular complexity index is 623. The third-order valence-electron chi connectivity index (χ3n) is 3.18. The van der Waals surface area contributed by atoms with Crippen molar-refractivity contribution in [3.05, 3.63) is 35.4 Å². The van der Waals surface area contributed by atoms with Crippen molar-refractivity contribution in [3.8, 4) is 6.07 Å². The zero-order valence-corrected chi connectivity index (χ0v) is 12.5. The SMILES string of the molecule is COC(=O)[C@H](NC(=O)c1cccc(C(F)(F)F)c1)[C@@H](C)CC#N. The standard InChI is InChI=1S/C15H15F3N2O3/c1-9(6-7-19)12(14(22)23-2)20-13(21)10-4-3-5-11(8-10)15(16,17)18/h3-5,8-9,12H,6H2,1-2H3,(H,20,21)/t9-,12+/m0/s1. The van der Waals surface area contributed by atoms with E-state index in [2.05, 4.69) is 10.1 Å². The number of nitriles is 1. The summed E-state index contributed by atoms with van der Waals surface area (Å²) in [7, 11) is 1.12. The number of hydrogen-bond donors (Lipinski definition) is 1. The number of carbonyl (C=O) groups is 2. The fourth-order valence-electron chi connectivity index (χ4n) is 1.88. The van der Waals surface area contributed by atoms with E-state index in [0.717, 1.165) is 19.2 Å². The zero-order valence-electron chi connectivity index (χ0n) is 12.5. The van der Waals surface area contributed by atoms with E-state index in [1.807, 2.05) is 6.07 Å². The minimum Gasteiger partial charge on any atom is -0.467 e. The van der Waals surface area contributed by atoms with E-state index >= 15 is 0 Å². The summed E-state index contributed by atoms with van der Waals surface area (Å²) < 4.78 is 42.5. The molecule has 5 nitrogen and oxygen atoms in total. The number of nitrogens with one attached hydrogen (secondary N) is 1. The van der Waals surface area contributed by atoms with E-state index in [-0.39, 0.29) is 12.0 Å². The average molecular weight is 328 g/mol. The molecule has 1 aromatic carbocycles. The van der Waals surface area contributed by atoms with Gasteiger partial charge in [-0.25, -0.2) is 4.79 Å². The van der Waals surface area contributed by atoms with E-state index in [1.54, 1.807) is 6.92 Å². The highest BCUT2D eigenvalue weighted by Gasteiger charge is 2.32. The van der Waals surface area contributed by atoms with Crippen molar-refractivity contribution in [2.75, 3.05) is 7.11 Å². The molecule has 0 aromatic heterocycles. The van der Waals surface area contributed by atoms with Crippen molar-refractivity contribution >= 4 is 11.9 Å². The molecule has 1 rings (SSSR count). The molecule has 0 bridgehead atoms. The highest BCUT2D eigenvalue weighted by Crippen LogP contribution is 2.29. The van der Waals surface area contributed by atoms with Crippen LogP contribution in [-0.2, 0) is 15.7 Å². The Hall–Kier alpha value is -2.56. The van der Waals surface area contributed by atoms with Crippen molar-refractivity contribution in [2.24, 2.45) is 5.92 Å². The second-order valence-electron chi connectivity index (χ2n) is 4.89. The number of rotatable bonds is 5. The number of carbonyl (C=O) groups excluding carboxylic acids is 2. The summed E-state index contributed by atoms with van der Waals surface area (Å²) in [6.07, 6.45) is -4.60. The van der Waals surface area contributed by atoms with Gasteiger partial charge in [0, 0.05) is 17.9 Å². The monoisotopic (exact) mass is 328 g/mol. The first-order chi connectivity index (χ1) is 10.7. The molecule has 2 atom stereocenters. The number of halogens is 3. The third kappa shape index (κ3) is 4.98. The van der Waals surface area contributed by atoms with Crippen LogP contribution in [-0.4, -0.2) is 25.0 Å². The van der Waals surface area contributed by atoms with E-state index in [0.29, 0.717) is 6.07 Å². The number of hydrogen-bond acceptors (Lipinski definition) is 4. The maximum absolute atomic E-state index is 12.7. The maximum Gasteiger partial charge on any atom is 0.416 e. The lowest BCUT2D eigenvalue weighted by atomic mass is 9.98. The average Bonchev–Trinajstić information content (AvgIpc) is 2.51. The fraction of sp³-hybridized carbons (Fsp3) is 0.400. The predicted molar refractivity (Wildman–Crippen MR) is 74.1 cm³/mol. The summed E-state index contributed by atoms with van der Waals surface area (Å²) in [6.45, 7) is 1.55. The minimum absolute atomic E-state index is 0.0252. The normalized spacial score (nSPS) is 13.6. The van der Waals surface area contributed by atoms with Crippen LogP contribution in [0.25, 0.3) is 0 Å². The van der Waals surface area contributed by atoms with Gasteiger partial charge in [0.1, 0.15) is 6.04 Å². The molecule has 124 valence electrons. The Kier molecular flexibility index (Phi) is 6.13. The van der Waals surface area contributed by atoms with Crippen LogP contribution in [0.1, 0.15) is 29.3 Å². The zero-order chi connectivity index (χ0) is 17.6. The summed E-state index contributed by atoms with van der Waals surface area (Å²) in [4.78, 5) is 23.8. The molecule has 1 amide bonds. The smallest absolute Gasteiger partial charge is 0.416 e. The highest BCUT2D eigenvalue weighted by atomic mass is 19.4. The van der Waals surface area contributed by atoms with Crippen LogP contribution in [0.5, 0.6) is 0 Å².